The molecule has 1 aromatic carbocycles. The van der Waals surface area contributed by atoms with Crippen LogP contribution in [0.5, 0.6) is 11.5 Å². The zero-order valence-electron chi connectivity index (χ0n) is 8.23. The second-order valence-corrected chi connectivity index (χ2v) is 3.90. The van der Waals surface area contributed by atoms with Gasteiger partial charge in [-0.1, -0.05) is 11.8 Å². The van der Waals surface area contributed by atoms with Gasteiger partial charge in [0.25, 0.3) is 0 Å². The van der Waals surface area contributed by atoms with Gasteiger partial charge in [-0.3, -0.25) is 0 Å². The van der Waals surface area contributed by atoms with E-state index in [0.717, 1.165) is 12.1 Å². The molecule has 2 nitrogen and oxygen atoms in total. The van der Waals surface area contributed by atoms with Crippen molar-refractivity contribution in [3.05, 3.63) is 23.8 Å². The molecule has 14 heavy (non-hydrogen) atoms. The molecule has 0 saturated carbocycles. The van der Waals surface area contributed by atoms with Gasteiger partial charge in [0.1, 0.15) is 5.60 Å². The van der Waals surface area contributed by atoms with Crippen LogP contribution >= 0.6 is 0 Å². The van der Waals surface area contributed by atoms with Gasteiger partial charge in [0.2, 0.25) is 0 Å². The van der Waals surface area contributed by atoms with E-state index in [9.17, 15) is 13.9 Å². The SMILES string of the molecule is CC(C)(C)Oc1ccc([O-])c(F)c1F. The number of halogens is 2. The van der Waals surface area contributed by atoms with Gasteiger partial charge >= 0.3 is 0 Å². The molecule has 0 spiro atoms. The van der Waals surface area contributed by atoms with Crippen LogP contribution in [0.2, 0.25) is 0 Å². The highest BCUT2D eigenvalue weighted by Crippen LogP contribution is 2.27. The second kappa shape index (κ2) is 3.44. The highest BCUT2D eigenvalue weighted by atomic mass is 19.2. The smallest absolute Gasteiger partial charge is 0.199 e. The number of rotatable bonds is 1. The molecule has 1 aromatic rings. The fourth-order valence-electron chi connectivity index (χ4n) is 0.923. The predicted octanol–water partition coefficient (Wildman–Crippen LogP) is 2.22. The van der Waals surface area contributed by atoms with Gasteiger partial charge in [-0.15, -0.1) is 0 Å². The van der Waals surface area contributed by atoms with Crippen LogP contribution in [0.4, 0.5) is 8.78 Å². The van der Waals surface area contributed by atoms with Crippen LogP contribution < -0.4 is 9.84 Å². The summed E-state index contributed by atoms with van der Waals surface area (Å²) in [4.78, 5) is 0. The average Bonchev–Trinajstić information content (AvgIpc) is 2.04. The summed E-state index contributed by atoms with van der Waals surface area (Å²) in [6.07, 6.45) is 0. The van der Waals surface area contributed by atoms with Crippen LogP contribution in [0.3, 0.4) is 0 Å². The zero-order valence-corrected chi connectivity index (χ0v) is 8.23. The lowest BCUT2D eigenvalue weighted by molar-refractivity contribution is -0.273. The summed E-state index contributed by atoms with van der Waals surface area (Å²) in [5.41, 5.74) is -0.627. The molecule has 0 aromatic heterocycles. The van der Waals surface area contributed by atoms with Gasteiger partial charge in [-0.2, -0.15) is 4.39 Å². The molecule has 4 heteroatoms. The molecule has 0 unspecified atom stereocenters. The normalized spacial score (nSPS) is 11.5. The molecule has 0 aliphatic carbocycles. The van der Waals surface area contributed by atoms with Crippen molar-refractivity contribution in [1.82, 2.24) is 0 Å². The summed E-state index contributed by atoms with van der Waals surface area (Å²) in [5.74, 6) is -3.84. The standard InChI is InChI=1S/C10H12F2O2/c1-10(2,3)14-7-5-4-6(13)8(11)9(7)12/h4-5,13H,1-3H3/p-1. The third kappa shape index (κ3) is 2.34. The molecule has 0 amide bonds. The monoisotopic (exact) mass is 201 g/mol. The quantitative estimate of drug-likeness (QED) is 0.697. The average molecular weight is 201 g/mol. The predicted molar refractivity (Wildman–Crippen MR) is 46.2 cm³/mol. The highest BCUT2D eigenvalue weighted by molar-refractivity contribution is 5.33. The Balaban J connectivity index is 3.06. The second-order valence-electron chi connectivity index (χ2n) is 3.90. The Morgan fingerprint density at radius 1 is 1.14 bits per heavy atom. The van der Waals surface area contributed by atoms with Gasteiger partial charge in [0.15, 0.2) is 17.4 Å². The molecule has 1 rings (SSSR count). The molecular weight excluding hydrogens is 190 g/mol. The number of hydrogen-bond acceptors (Lipinski definition) is 2. The first-order chi connectivity index (χ1) is 6.31. The van der Waals surface area contributed by atoms with Gasteiger partial charge in [-0.25, -0.2) is 4.39 Å². The molecule has 0 aliphatic rings. The summed E-state index contributed by atoms with van der Waals surface area (Å²) in [6, 6.07) is 2.07. The molecule has 0 fully saturated rings. The Hall–Kier alpha value is -1.32. The van der Waals surface area contributed by atoms with E-state index in [-0.39, 0.29) is 5.75 Å². The number of hydrogen-bond donors (Lipinski definition) is 0. The van der Waals surface area contributed by atoms with Crippen LogP contribution in [-0.2, 0) is 0 Å². The lowest BCUT2D eigenvalue weighted by atomic mass is 10.2. The van der Waals surface area contributed by atoms with Gasteiger partial charge in [0, 0.05) is 0 Å². The minimum Gasteiger partial charge on any atom is -0.870 e. The van der Waals surface area contributed by atoms with E-state index in [0.29, 0.717) is 0 Å². The molecule has 0 saturated heterocycles. The third-order valence-electron chi connectivity index (χ3n) is 1.43. The Morgan fingerprint density at radius 3 is 2.21 bits per heavy atom. The summed E-state index contributed by atoms with van der Waals surface area (Å²) in [6.45, 7) is 5.11. The lowest BCUT2D eigenvalue weighted by Crippen LogP contribution is -2.23. The van der Waals surface area contributed by atoms with Gasteiger partial charge in [-0.05, 0) is 26.8 Å². The van der Waals surface area contributed by atoms with E-state index in [1.807, 2.05) is 0 Å². The Kier molecular flexibility index (Phi) is 2.64. The molecule has 78 valence electrons. The Bertz CT molecular complexity index is 343. The van der Waals surface area contributed by atoms with Crippen molar-refractivity contribution in [2.75, 3.05) is 0 Å². The van der Waals surface area contributed by atoms with Crippen LogP contribution in [0.1, 0.15) is 20.8 Å². The van der Waals surface area contributed by atoms with Crippen LogP contribution in [0.15, 0.2) is 12.1 Å². The molecule has 0 radical (unpaired) electrons. The van der Waals surface area contributed by atoms with Gasteiger partial charge < -0.3 is 9.84 Å². The zero-order chi connectivity index (χ0) is 10.9. The number of ether oxygens (including phenoxy) is 1. The van der Waals surface area contributed by atoms with Crippen molar-refractivity contribution in [1.29, 1.82) is 0 Å². The minimum absolute atomic E-state index is 0.241. The third-order valence-corrected chi connectivity index (χ3v) is 1.43. The fourth-order valence-corrected chi connectivity index (χ4v) is 0.923. The van der Waals surface area contributed by atoms with E-state index in [1.54, 1.807) is 20.8 Å². The van der Waals surface area contributed by atoms with Crippen LogP contribution in [0, 0.1) is 11.6 Å². The molecule has 0 N–H and O–H groups in total. The number of benzene rings is 1. The van der Waals surface area contributed by atoms with Crippen molar-refractivity contribution in [2.45, 2.75) is 26.4 Å². The lowest BCUT2D eigenvalue weighted by Gasteiger charge is -2.22. The fraction of sp³-hybridized carbons (Fsp3) is 0.400. The molecule has 0 bridgehead atoms. The summed E-state index contributed by atoms with van der Waals surface area (Å²) in [7, 11) is 0. The van der Waals surface area contributed by atoms with Crippen molar-refractivity contribution in [2.24, 2.45) is 0 Å². The van der Waals surface area contributed by atoms with Crippen molar-refractivity contribution >= 4 is 0 Å². The van der Waals surface area contributed by atoms with E-state index >= 15 is 0 Å². The summed E-state index contributed by atoms with van der Waals surface area (Å²) >= 11 is 0. The van der Waals surface area contributed by atoms with Crippen molar-refractivity contribution in [3.8, 4) is 11.5 Å². The van der Waals surface area contributed by atoms with Gasteiger partial charge in [0.05, 0.1) is 0 Å². The first-order valence-corrected chi connectivity index (χ1v) is 4.15. The first-order valence-electron chi connectivity index (χ1n) is 4.15. The van der Waals surface area contributed by atoms with E-state index in [4.69, 9.17) is 4.74 Å². The molecule has 0 heterocycles. The summed E-state index contributed by atoms with van der Waals surface area (Å²) < 4.78 is 31.0. The maximum atomic E-state index is 13.1. The summed E-state index contributed by atoms with van der Waals surface area (Å²) in [5, 5.41) is 10.7. The van der Waals surface area contributed by atoms with E-state index < -0.39 is 23.0 Å². The maximum absolute atomic E-state index is 13.1. The van der Waals surface area contributed by atoms with E-state index in [1.165, 1.54) is 0 Å². The largest absolute Gasteiger partial charge is 0.870 e. The van der Waals surface area contributed by atoms with Crippen LogP contribution in [0.25, 0.3) is 0 Å². The van der Waals surface area contributed by atoms with Crippen molar-refractivity contribution < 1.29 is 18.6 Å². The van der Waals surface area contributed by atoms with Crippen LogP contribution in [-0.4, -0.2) is 5.60 Å². The van der Waals surface area contributed by atoms with Crippen molar-refractivity contribution in [3.63, 3.8) is 0 Å². The molecule has 0 atom stereocenters. The topological polar surface area (TPSA) is 32.3 Å². The maximum Gasteiger partial charge on any atom is 0.199 e. The molecule has 0 aliphatic heterocycles. The van der Waals surface area contributed by atoms with E-state index in [2.05, 4.69) is 0 Å². The first kappa shape index (κ1) is 10.8. The Labute approximate surface area is 81.1 Å². The minimum atomic E-state index is -1.40. The molecular formula is C10H11F2O2-. The Morgan fingerprint density at radius 2 is 1.71 bits per heavy atom. The highest BCUT2D eigenvalue weighted by Gasteiger charge is 2.17.